The zero-order valence-electron chi connectivity index (χ0n) is 16.2. The van der Waals surface area contributed by atoms with Crippen molar-refractivity contribution in [1.29, 1.82) is 0 Å². The molecule has 0 saturated carbocycles. The summed E-state index contributed by atoms with van der Waals surface area (Å²) in [6, 6.07) is 4.76. The van der Waals surface area contributed by atoms with Crippen molar-refractivity contribution in [3.05, 3.63) is 23.8 Å². The van der Waals surface area contributed by atoms with Gasteiger partial charge in [0, 0.05) is 11.6 Å². The number of rotatable bonds is 7. The third kappa shape index (κ3) is 7.03. The maximum absolute atomic E-state index is 12.2. The Balaban J connectivity index is 2.66. The minimum Gasteiger partial charge on any atom is -0.497 e. The highest BCUT2D eigenvalue weighted by Gasteiger charge is 2.27. The zero-order chi connectivity index (χ0) is 19.3. The van der Waals surface area contributed by atoms with Crippen LogP contribution in [0.5, 0.6) is 11.5 Å². The van der Waals surface area contributed by atoms with Gasteiger partial charge in [0.1, 0.15) is 17.1 Å². The Labute approximate surface area is 149 Å². The summed E-state index contributed by atoms with van der Waals surface area (Å²) in [6.07, 6.45) is 0.798. The molecule has 0 atom stereocenters. The lowest BCUT2D eigenvalue weighted by atomic mass is 9.82. The van der Waals surface area contributed by atoms with E-state index >= 15 is 0 Å². The number of nitrogens with one attached hydrogen (secondary N) is 1. The third-order valence-corrected chi connectivity index (χ3v) is 3.41. The van der Waals surface area contributed by atoms with Gasteiger partial charge in [0.25, 0.3) is 5.91 Å². The Kier molecular flexibility index (Phi) is 6.85. The molecule has 0 bridgehead atoms. The molecule has 1 N–H and O–H groups in total. The molecule has 0 aliphatic carbocycles. The summed E-state index contributed by atoms with van der Waals surface area (Å²) in [6.45, 7) is 9.88. The smallest absolute Gasteiger partial charge is 0.342 e. The first-order valence-corrected chi connectivity index (χ1v) is 8.17. The van der Waals surface area contributed by atoms with Gasteiger partial charge in [-0.3, -0.25) is 4.79 Å². The fraction of sp³-hybridized carbons (Fsp3) is 0.579. The van der Waals surface area contributed by atoms with Crippen LogP contribution in [-0.4, -0.2) is 38.2 Å². The molecule has 1 amide bonds. The lowest BCUT2D eigenvalue weighted by Gasteiger charge is -2.33. The second-order valence-corrected chi connectivity index (χ2v) is 7.81. The summed E-state index contributed by atoms with van der Waals surface area (Å²) < 4.78 is 15.4. The van der Waals surface area contributed by atoms with E-state index in [4.69, 9.17) is 14.2 Å². The van der Waals surface area contributed by atoms with Crippen molar-refractivity contribution in [1.82, 2.24) is 5.32 Å². The molecule has 0 saturated heterocycles. The topological polar surface area (TPSA) is 73.9 Å². The monoisotopic (exact) mass is 351 g/mol. The van der Waals surface area contributed by atoms with Crippen molar-refractivity contribution >= 4 is 11.9 Å². The van der Waals surface area contributed by atoms with Crippen LogP contribution in [0.4, 0.5) is 0 Å². The molecule has 0 aliphatic heterocycles. The van der Waals surface area contributed by atoms with E-state index in [9.17, 15) is 9.59 Å². The molecule has 0 unspecified atom stereocenters. The number of carbonyl (C=O) groups excluding carboxylic acids is 2. The van der Waals surface area contributed by atoms with E-state index in [1.54, 1.807) is 18.2 Å². The molecule has 1 rings (SSSR count). The summed E-state index contributed by atoms with van der Waals surface area (Å²) in [4.78, 5) is 24.3. The number of methoxy groups -OCH3 is 2. The van der Waals surface area contributed by atoms with Gasteiger partial charge in [0.15, 0.2) is 6.61 Å². The van der Waals surface area contributed by atoms with Crippen LogP contribution in [0.2, 0.25) is 0 Å². The van der Waals surface area contributed by atoms with Gasteiger partial charge >= 0.3 is 5.97 Å². The van der Waals surface area contributed by atoms with Gasteiger partial charge in [-0.25, -0.2) is 4.79 Å². The molecule has 0 spiro atoms. The first-order valence-electron chi connectivity index (χ1n) is 8.17. The number of hydrogen-bond donors (Lipinski definition) is 1. The molecular weight excluding hydrogens is 322 g/mol. The van der Waals surface area contributed by atoms with Crippen LogP contribution in [0.3, 0.4) is 0 Å². The fourth-order valence-electron chi connectivity index (χ4n) is 2.96. The molecule has 1 aromatic rings. The van der Waals surface area contributed by atoms with Crippen molar-refractivity contribution in [2.75, 3.05) is 20.8 Å². The summed E-state index contributed by atoms with van der Waals surface area (Å²) in [7, 11) is 2.98. The quantitative estimate of drug-likeness (QED) is 0.764. The third-order valence-electron chi connectivity index (χ3n) is 3.41. The lowest BCUT2D eigenvalue weighted by Crippen LogP contribution is -2.47. The van der Waals surface area contributed by atoms with Gasteiger partial charge in [-0.15, -0.1) is 0 Å². The van der Waals surface area contributed by atoms with Crippen LogP contribution in [0.25, 0.3) is 0 Å². The maximum atomic E-state index is 12.2. The van der Waals surface area contributed by atoms with Gasteiger partial charge in [-0.2, -0.15) is 0 Å². The summed E-state index contributed by atoms with van der Waals surface area (Å²) in [5.74, 6) is -0.0637. The van der Waals surface area contributed by atoms with Gasteiger partial charge in [0.05, 0.1) is 14.2 Å². The Morgan fingerprint density at radius 2 is 1.68 bits per heavy atom. The average Bonchev–Trinajstić information content (AvgIpc) is 2.48. The lowest BCUT2D eigenvalue weighted by molar-refractivity contribution is -0.126. The zero-order valence-corrected chi connectivity index (χ0v) is 16.2. The Morgan fingerprint density at radius 3 is 2.20 bits per heavy atom. The van der Waals surface area contributed by atoms with Crippen molar-refractivity contribution in [2.45, 2.75) is 46.6 Å². The molecular formula is C19H29NO5. The number of benzene rings is 1. The normalized spacial score (nSPS) is 11.6. The van der Waals surface area contributed by atoms with Crippen LogP contribution in [0.15, 0.2) is 18.2 Å². The molecule has 140 valence electrons. The second kappa shape index (κ2) is 8.23. The van der Waals surface area contributed by atoms with Crippen LogP contribution < -0.4 is 14.8 Å². The van der Waals surface area contributed by atoms with E-state index in [1.165, 1.54) is 14.2 Å². The maximum Gasteiger partial charge on any atom is 0.342 e. The molecule has 6 nitrogen and oxygen atoms in total. The van der Waals surface area contributed by atoms with E-state index in [-0.39, 0.29) is 29.0 Å². The fourth-order valence-corrected chi connectivity index (χ4v) is 2.96. The average molecular weight is 351 g/mol. The summed E-state index contributed by atoms with van der Waals surface area (Å²) in [5, 5.41) is 2.90. The van der Waals surface area contributed by atoms with Crippen molar-refractivity contribution in [3.63, 3.8) is 0 Å². The van der Waals surface area contributed by atoms with Gasteiger partial charge in [-0.1, -0.05) is 20.8 Å². The molecule has 0 aromatic heterocycles. The van der Waals surface area contributed by atoms with Crippen LogP contribution >= 0.6 is 0 Å². The van der Waals surface area contributed by atoms with Crippen LogP contribution in [0, 0.1) is 5.41 Å². The van der Waals surface area contributed by atoms with Crippen molar-refractivity contribution in [2.24, 2.45) is 5.41 Å². The summed E-state index contributed by atoms with van der Waals surface area (Å²) >= 11 is 0. The molecule has 0 radical (unpaired) electrons. The number of carbonyl (C=O) groups is 2. The molecule has 0 aliphatic rings. The molecule has 25 heavy (non-hydrogen) atoms. The van der Waals surface area contributed by atoms with Crippen LogP contribution in [-0.2, 0) is 9.53 Å². The number of hydrogen-bond acceptors (Lipinski definition) is 5. The first kappa shape index (κ1) is 20.8. The van der Waals surface area contributed by atoms with Gasteiger partial charge in [-0.05, 0) is 37.8 Å². The van der Waals surface area contributed by atoms with Crippen molar-refractivity contribution < 1.29 is 23.8 Å². The molecule has 1 aromatic carbocycles. The molecule has 6 heteroatoms. The van der Waals surface area contributed by atoms with Gasteiger partial charge in [0.2, 0.25) is 0 Å². The Morgan fingerprint density at radius 1 is 1.04 bits per heavy atom. The van der Waals surface area contributed by atoms with Crippen molar-refractivity contribution in [3.8, 4) is 11.5 Å². The number of amides is 1. The van der Waals surface area contributed by atoms with Gasteiger partial charge < -0.3 is 19.5 Å². The van der Waals surface area contributed by atoms with Crippen LogP contribution in [0.1, 0.15) is 51.4 Å². The standard InChI is InChI=1S/C19H29NO5/c1-18(2,3)12-19(4,5)20-16(21)11-25-17(22)14-9-8-13(23-6)10-15(14)24-7/h8-10H,11-12H2,1-7H3,(H,20,21). The van der Waals surface area contributed by atoms with E-state index in [0.717, 1.165) is 6.42 Å². The van der Waals surface area contributed by atoms with E-state index < -0.39 is 5.97 Å². The van der Waals surface area contributed by atoms with E-state index in [0.29, 0.717) is 11.5 Å². The minimum atomic E-state index is -0.622. The first-order chi connectivity index (χ1) is 11.5. The predicted molar refractivity (Wildman–Crippen MR) is 96.1 cm³/mol. The number of esters is 1. The largest absolute Gasteiger partial charge is 0.497 e. The molecule has 0 fully saturated rings. The minimum absolute atomic E-state index is 0.0733. The van der Waals surface area contributed by atoms with E-state index in [2.05, 4.69) is 26.1 Å². The molecule has 0 heterocycles. The summed E-state index contributed by atoms with van der Waals surface area (Å²) in [5.41, 5.74) is -0.0752. The SMILES string of the molecule is COc1ccc(C(=O)OCC(=O)NC(C)(C)CC(C)(C)C)c(OC)c1. The predicted octanol–water partition coefficient (Wildman–Crippen LogP) is 3.19. The second-order valence-electron chi connectivity index (χ2n) is 7.81. The Hall–Kier alpha value is -2.24. The highest BCUT2D eigenvalue weighted by atomic mass is 16.5. The van der Waals surface area contributed by atoms with E-state index in [1.807, 2.05) is 13.8 Å². The highest BCUT2D eigenvalue weighted by molar-refractivity contribution is 5.94. The Bertz CT molecular complexity index is 617. The highest BCUT2D eigenvalue weighted by Crippen LogP contribution is 2.27. The number of ether oxygens (including phenoxy) is 3.